The second-order valence-electron chi connectivity index (χ2n) is 18.2. The summed E-state index contributed by atoms with van der Waals surface area (Å²) in [7, 11) is 0. The van der Waals surface area contributed by atoms with Gasteiger partial charge in [-0.1, -0.05) is 258 Å². The van der Waals surface area contributed by atoms with Crippen molar-refractivity contribution < 1.29 is 24.5 Å². The lowest BCUT2D eigenvalue weighted by Crippen LogP contribution is -2.46. The number of carbonyl (C=O) groups is 2. The number of unbranched alkanes of at least 4 members (excludes halogenated alkanes) is 16. The van der Waals surface area contributed by atoms with E-state index in [9.17, 15) is 19.8 Å². The highest BCUT2D eigenvalue weighted by molar-refractivity contribution is 5.78. The van der Waals surface area contributed by atoms with Gasteiger partial charge in [0.2, 0.25) is 5.91 Å². The van der Waals surface area contributed by atoms with Crippen molar-refractivity contribution in [2.75, 3.05) is 6.61 Å². The SMILES string of the molecule is CC/C=C\C/C=C\C/C=C\C/C=C\C/C=C\C/C=C\CCC(=O)OC(/C=C/C/C=C/C/C=C/C/C=C/C/C=C/CC)CC(=O)NC(CO)C(O)CCCCCCCCCCCCCCCCCCC. The molecular formula is C63H103NO5. The van der Waals surface area contributed by atoms with Crippen molar-refractivity contribution in [2.24, 2.45) is 0 Å². The van der Waals surface area contributed by atoms with Crippen LogP contribution in [-0.4, -0.2) is 46.9 Å². The van der Waals surface area contributed by atoms with Crippen LogP contribution in [0.2, 0.25) is 0 Å². The van der Waals surface area contributed by atoms with Gasteiger partial charge in [0.05, 0.1) is 25.2 Å². The highest BCUT2D eigenvalue weighted by atomic mass is 16.5. The minimum Gasteiger partial charge on any atom is -0.458 e. The second kappa shape index (κ2) is 54.9. The van der Waals surface area contributed by atoms with E-state index < -0.39 is 18.2 Å². The second-order valence-corrected chi connectivity index (χ2v) is 18.2. The lowest BCUT2D eigenvalue weighted by Gasteiger charge is -2.23. The van der Waals surface area contributed by atoms with Crippen LogP contribution < -0.4 is 5.32 Å². The van der Waals surface area contributed by atoms with E-state index in [1.54, 1.807) is 6.08 Å². The summed E-state index contributed by atoms with van der Waals surface area (Å²) in [6.45, 7) is 6.21. The first kappa shape index (κ1) is 65.0. The third-order valence-electron chi connectivity index (χ3n) is 11.7. The molecule has 3 N–H and O–H groups in total. The van der Waals surface area contributed by atoms with Crippen LogP contribution in [0.25, 0.3) is 0 Å². The minimum absolute atomic E-state index is 0.0846. The smallest absolute Gasteiger partial charge is 0.306 e. The van der Waals surface area contributed by atoms with Crippen LogP contribution in [0.1, 0.15) is 226 Å². The first-order chi connectivity index (χ1) is 34.0. The molecule has 3 atom stereocenters. The molecule has 0 fully saturated rings. The maximum absolute atomic E-state index is 13.2. The summed E-state index contributed by atoms with van der Waals surface area (Å²) < 4.78 is 5.79. The van der Waals surface area contributed by atoms with Crippen molar-refractivity contribution in [1.29, 1.82) is 0 Å². The maximum atomic E-state index is 13.2. The molecule has 0 aliphatic carbocycles. The number of aliphatic hydroxyl groups excluding tert-OH is 2. The number of rotatable bonds is 48. The predicted octanol–water partition coefficient (Wildman–Crippen LogP) is 17.4. The summed E-state index contributed by atoms with van der Waals surface area (Å²) in [5.74, 6) is -0.739. The molecule has 0 radical (unpaired) electrons. The van der Waals surface area contributed by atoms with Gasteiger partial charge in [0, 0.05) is 6.42 Å². The van der Waals surface area contributed by atoms with Crippen molar-refractivity contribution in [3.63, 3.8) is 0 Å². The zero-order chi connectivity index (χ0) is 50.2. The first-order valence-electron chi connectivity index (χ1n) is 27.9. The Morgan fingerprint density at radius 3 is 1.14 bits per heavy atom. The summed E-state index contributed by atoms with van der Waals surface area (Å²) in [5, 5.41) is 23.8. The molecule has 0 aromatic rings. The third-order valence-corrected chi connectivity index (χ3v) is 11.7. The molecular weight excluding hydrogens is 851 g/mol. The number of nitrogens with one attached hydrogen (secondary N) is 1. The molecule has 0 rings (SSSR count). The lowest BCUT2D eigenvalue weighted by atomic mass is 10.0. The fraction of sp³-hybridized carbons (Fsp3) is 0.619. The number of esters is 1. The Kier molecular flexibility index (Phi) is 51.7. The Morgan fingerprint density at radius 1 is 0.449 bits per heavy atom. The van der Waals surface area contributed by atoms with Gasteiger partial charge in [-0.05, 0) is 89.5 Å². The van der Waals surface area contributed by atoms with Crippen LogP contribution in [-0.2, 0) is 14.3 Å². The van der Waals surface area contributed by atoms with Gasteiger partial charge < -0.3 is 20.3 Å². The van der Waals surface area contributed by atoms with Crippen molar-refractivity contribution in [3.8, 4) is 0 Å². The summed E-state index contributed by atoms with van der Waals surface area (Å²) in [6, 6.07) is -0.767. The Balaban J connectivity index is 4.79. The largest absolute Gasteiger partial charge is 0.458 e. The summed E-state index contributed by atoms with van der Waals surface area (Å²) >= 11 is 0. The van der Waals surface area contributed by atoms with Gasteiger partial charge in [0.1, 0.15) is 6.10 Å². The first-order valence-corrected chi connectivity index (χ1v) is 27.9. The normalized spacial score (nSPS) is 14.2. The van der Waals surface area contributed by atoms with Crippen LogP contribution in [0, 0.1) is 0 Å². The fourth-order valence-corrected chi connectivity index (χ4v) is 7.59. The average Bonchev–Trinajstić information content (AvgIpc) is 3.34. The van der Waals surface area contributed by atoms with Gasteiger partial charge in [-0.2, -0.15) is 0 Å². The number of allylic oxidation sites excluding steroid dienone is 21. The van der Waals surface area contributed by atoms with Gasteiger partial charge in [-0.3, -0.25) is 9.59 Å². The monoisotopic (exact) mass is 954 g/mol. The van der Waals surface area contributed by atoms with Gasteiger partial charge in [-0.25, -0.2) is 0 Å². The zero-order valence-corrected chi connectivity index (χ0v) is 44.4. The fourth-order valence-electron chi connectivity index (χ4n) is 7.59. The number of hydrogen-bond donors (Lipinski definition) is 3. The quantitative estimate of drug-likeness (QED) is 0.0321. The predicted molar refractivity (Wildman–Crippen MR) is 300 cm³/mol. The van der Waals surface area contributed by atoms with E-state index in [0.717, 1.165) is 83.5 Å². The van der Waals surface area contributed by atoms with E-state index in [0.29, 0.717) is 19.3 Å². The molecule has 6 heteroatoms. The number of amides is 1. The summed E-state index contributed by atoms with van der Waals surface area (Å²) in [6.07, 6.45) is 78.4. The molecule has 0 aromatic heterocycles. The topological polar surface area (TPSA) is 95.9 Å². The Morgan fingerprint density at radius 2 is 0.783 bits per heavy atom. The maximum Gasteiger partial charge on any atom is 0.306 e. The van der Waals surface area contributed by atoms with E-state index in [-0.39, 0.29) is 31.3 Å². The van der Waals surface area contributed by atoms with E-state index in [1.165, 1.54) is 89.9 Å². The molecule has 0 bridgehead atoms. The van der Waals surface area contributed by atoms with Gasteiger partial charge in [0.15, 0.2) is 0 Å². The van der Waals surface area contributed by atoms with Crippen molar-refractivity contribution in [3.05, 3.63) is 134 Å². The lowest BCUT2D eigenvalue weighted by molar-refractivity contribution is -0.148. The molecule has 0 heterocycles. The van der Waals surface area contributed by atoms with Crippen molar-refractivity contribution in [2.45, 2.75) is 244 Å². The zero-order valence-electron chi connectivity index (χ0n) is 44.4. The molecule has 0 spiro atoms. The molecule has 0 aromatic carbocycles. The minimum atomic E-state index is -0.841. The summed E-state index contributed by atoms with van der Waals surface area (Å²) in [4.78, 5) is 26.1. The molecule has 6 nitrogen and oxygen atoms in total. The Hall–Kier alpha value is -4.00. The van der Waals surface area contributed by atoms with Gasteiger partial charge >= 0.3 is 5.97 Å². The van der Waals surface area contributed by atoms with Gasteiger partial charge in [-0.15, -0.1) is 0 Å². The van der Waals surface area contributed by atoms with Crippen molar-refractivity contribution >= 4 is 11.9 Å². The number of hydrogen-bond acceptors (Lipinski definition) is 5. The molecule has 0 aliphatic rings. The van der Waals surface area contributed by atoms with Crippen LogP contribution in [0.4, 0.5) is 0 Å². The number of ether oxygens (including phenoxy) is 1. The van der Waals surface area contributed by atoms with E-state index in [1.807, 2.05) is 12.2 Å². The number of aliphatic hydroxyl groups is 2. The van der Waals surface area contributed by atoms with Crippen LogP contribution >= 0.6 is 0 Å². The van der Waals surface area contributed by atoms with Crippen LogP contribution in [0.3, 0.4) is 0 Å². The van der Waals surface area contributed by atoms with Gasteiger partial charge in [0.25, 0.3) is 0 Å². The standard InChI is InChI=1S/C63H103NO5/c1-4-7-10-13-16-19-22-25-28-30-31-33-35-38-41-44-47-50-53-56-63(68)69-59(54-51-48-45-42-39-36-27-24-21-18-15-12-9-6-3)57-62(67)64-60(58-65)61(66)55-52-49-46-43-40-37-34-32-29-26-23-20-17-14-11-8-5-2/h7,9-10,12,16,18-19,21,25,27-28,31,33,36,38,41-42,45,47,50-51,54,59-61,65-66H,4-6,8,11,13-15,17,20,22-24,26,29-30,32,34-35,37,39-40,43-44,46,48-49,52-53,55-58H2,1-3H3,(H,64,67)/b10-7-,12-9+,19-16-,21-18+,28-25-,33-31-,36-27+,41-38-,45-42+,50-47-,54-51+. The highest BCUT2D eigenvalue weighted by Gasteiger charge is 2.23. The summed E-state index contributed by atoms with van der Waals surface area (Å²) in [5.41, 5.74) is 0. The van der Waals surface area contributed by atoms with Crippen molar-refractivity contribution in [1.82, 2.24) is 5.32 Å². The molecule has 3 unspecified atom stereocenters. The molecule has 0 aliphatic heterocycles. The third kappa shape index (κ3) is 50.2. The van der Waals surface area contributed by atoms with E-state index in [2.05, 4.69) is 142 Å². The molecule has 1 amide bonds. The van der Waals surface area contributed by atoms with E-state index in [4.69, 9.17) is 4.74 Å². The number of carbonyl (C=O) groups excluding carboxylic acids is 2. The average molecular weight is 955 g/mol. The molecule has 69 heavy (non-hydrogen) atoms. The van der Waals surface area contributed by atoms with Crippen LogP contribution in [0.15, 0.2) is 134 Å². The van der Waals surface area contributed by atoms with E-state index >= 15 is 0 Å². The Bertz CT molecular complexity index is 1490. The molecule has 0 saturated heterocycles. The molecule has 390 valence electrons. The molecule has 0 saturated carbocycles. The Labute approximate surface area is 424 Å². The highest BCUT2D eigenvalue weighted by Crippen LogP contribution is 2.16. The van der Waals surface area contributed by atoms with Crippen LogP contribution in [0.5, 0.6) is 0 Å².